The van der Waals surface area contributed by atoms with Crippen LogP contribution in [0.15, 0.2) is 36.4 Å². The van der Waals surface area contributed by atoms with E-state index in [9.17, 15) is 4.39 Å². The molecule has 0 unspecified atom stereocenters. The molecule has 0 saturated carbocycles. The summed E-state index contributed by atoms with van der Waals surface area (Å²) in [7, 11) is 1.57. The quantitative estimate of drug-likeness (QED) is 0.831. The van der Waals surface area contributed by atoms with Crippen LogP contribution in [0, 0.1) is 12.7 Å². The van der Waals surface area contributed by atoms with Crippen molar-refractivity contribution in [1.29, 1.82) is 0 Å². The van der Waals surface area contributed by atoms with Crippen LogP contribution in [0.25, 0.3) is 0 Å². The predicted octanol–water partition coefficient (Wildman–Crippen LogP) is 3.12. The molecular weight excluding hydrogens is 233 g/mol. The molecule has 0 spiro atoms. The number of pyridine rings is 1. The molecular formula is C14H14FNO2. The van der Waals surface area contributed by atoms with E-state index in [1.54, 1.807) is 32.2 Å². The number of ether oxygens (including phenoxy) is 2. The number of hydrogen-bond donors (Lipinski definition) is 0. The highest BCUT2D eigenvalue weighted by Gasteiger charge is 2.02. The van der Waals surface area contributed by atoms with E-state index in [0.29, 0.717) is 23.8 Å². The molecule has 18 heavy (non-hydrogen) atoms. The van der Waals surface area contributed by atoms with Gasteiger partial charge in [-0.15, -0.1) is 0 Å². The Hall–Kier alpha value is -2.10. The molecule has 0 aliphatic heterocycles. The lowest BCUT2D eigenvalue weighted by atomic mass is 10.2. The largest absolute Gasteiger partial charge is 0.487 e. The van der Waals surface area contributed by atoms with Crippen LogP contribution in [0.3, 0.4) is 0 Å². The van der Waals surface area contributed by atoms with Gasteiger partial charge in [0.15, 0.2) is 0 Å². The molecule has 4 heteroatoms. The first-order valence-corrected chi connectivity index (χ1v) is 5.58. The fourth-order valence-corrected chi connectivity index (χ4v) is 1.52. The van der Waals surface area contributed by atoms with Crippen LogP contribution in [0.4, 0.5) is 4.39 Å². The Labute approximate surface area is 105 Å². The maximum absolute atomic E-state index is 13.1. The zero-order valence-electron chi connectivity index (χ0n) is 10.3. The molecule has 0 aliphatic rings. The Morgan fingerprint density at radius 2 is 2.06 bits per heavy atom. The van der Waals surface area contributed by atoms with Gasteiger partial charge in [0.2, 0.25) is 5.88 Å². The van der Waals surface area contributed by atoms with Crippen molar-refractivity contribution in [2.75, 3.05) is 7.11 Å². The van der Waals surface area contributed by atoms with E-state index in [4.69, 9.17) is 9.47 Å². The molecule has 2 aromatic rings. The predicted molar refractivity (Wildman–Crippen MR) is 66.3 cm³/mol. The Morgan fingerprint density at radius 1 is 1.22 bits per heavy atom. The maximum Gasteiger partial charge on any atom is 0.213 e. The number of rotatable bonds is 4. The number of aryl methyl sites for hydroxylation is 1. The Balaban J connectivity index is 2.04. The van der Waals surface area contributed by atoms with E-state index in [0.717, 1.165) is 5.69 Å². The lowest BCUT2D eigenvalue weighted by Gasteiger charge is -2.07. The van der Waals surface area contributed by atoms with E-state index >= 15 is 0 Å². The molecule has 1 aromatic carbocycles. The summed E-state index contributed by atoms with van der Waals surface area (Å²) < 4.78 is 23.6. The number of halogens is 1. The molecule has 0 N–H and O–H groups in total. The molecule has 1 heterocycles. The van der Waals surface area contributed by atoms with E-state index in [1.807, 2.05) is 12.1 Å². The van der Waals surface area contributed by atoms with Crippen LogP contribution in [-0.2, 0) is 6.61 Å². The summed E-state index contributed by atoms with van der Waals surface area (Å²) in [5.74, 6) is 0.937. The summed E-state index contributed by atoms with van der Waals surface area (Å²) in [5, 5.41) is 0. The van der Waals surface area contributed by atoms with Crippen LogP contribution in [-0.4, -0.2) is 12.1 Å². The van der Waals surface area contributed by atoms with Gasteiger partial charge < -0.3 is 9.47 Å². The minimum Gasteiger partial charge on any atom is -0.487 e. The molecule has 3 nitrogen and oxygen atoms in total. The number of methoxy groups -OCH3 is 1. The lowest BCUT2D eigenvalue weighted by molar-refractivity contribution is 0.297. The average Bonchev–Trinajstić information content (AvgIpc) is 2.40. The summed E-state index contributed by atoms with van der Waals surface area (Å²) in [6, 6.07) is 10.1. The first-order valence-electron chi connectivity index (χ1n) is 5.58. The van der Waals surface area contributed by atoms with Gasteiger partial charge in [-0.3, -0.25) is 0 Å². The number of nitrogens with zero attached hydrogens (tertiary/aromatic N) is 1. The van der Waals surface area contributed by atoms with Crippen molar-refractivity contribution in [2.24, 2.45) is 0 Å². The minimum absolute atomic E-state index is 0.234. The number of hydrogen-bond acceptors (Lipinski definition) is 3. The molecule has 0 atom stereocenters. The fraction of sp³-hybridized carbons (Fsp3) is 0.214. The van der Waals surface area contributed by atoms with Crippen molar-refractivity contribution < 1.29 is 13.9 Å². The van der Waals surface area contributed by atoms with E-state index in [1.165, 1.54) is 6.07 Å². The van der Waals surface area contributed by atoms with Gasteiger partial charge in [0.25, 0.3) is 0 Å². The van der Waals surface area contributed by atoms with Crippen molar-refractivity contribution in [3.8, 4) is 11.6 Å². The van der Waals surface area contributed by atoms with Gasteiger partial charge in [-0.1, -0.05) is 6.07 Å². The van der Waals surface area contributed by atoms with Gasteiger partial charge in [0.1, 0.15) is 18.2 Å². The standard InChI is InChI=1S/C14H14FNO2/c1-10-8-12(6-7-13(10)15)18-9-11-4-3-5-14(16-11)17-2/h3-8H,9H2,1-2H3. The molecule has 0 saturated heterocycles. The normalized spacial score (nSPS) is 10.2. The van der Waals surface area contributed by atoms with E-state index < -0.39 is 0 Å². The Kier molecular flexibility index (Phi) is 3.77. The maximum atomic E-state index is 13.1. The zero-order valence-corrected chi connectivity index (χ0v) is 10.3. The highest BCUT2D eigenvalue weighted by atomic mass is 19.1. The molecule has 1 aromatic heterocycles. The summed E-state index contributed by atoms with van der Waals surface area (Å²) in [5.41, 5.74) is 1.32. The van der Waals surface area contributed by atoms with Crippen LogP contribution >= 0.6 is 0 Å². The third kappa shape index (κ3) is 2.97. The SMILES string of the molecule is COc1cccc(COc2ccc(F)c(C)c2)n1. The molecule has 0 amide bonds. The van der Waals surface area contributed by atoms with Crippen molar-refractivity contribution >= 4 is 0 Å². The molecule has 94 valence electrons. The summed E-state index contributed by atoms with van der Waals surface area (Å²) in [4.78, 5) is 4.22. The highest BCUT2D eigenvalue weighted by molar-refractivity contribution is 5.29. The summed E-state index contributed by atoms with van der Waals surface area (Å²) in [6.45, 7) is 2.02. The lowest BCUT2D eigenvalue weighted by Crippen LogP contribution is -2.00. The van der Waals surface area contributed by atoms with E-state index in [2.05, 4.69) is 4.98 Å². The molecule has 0 radical (unpaired) electrons. The molecule has 2 rings (SSSR count). The first kappa shape index (κ1) is 12.4. The smallest absolute Gasteiger partial charge is 0.213 e. The zero-order chi connectivity index (χ0) is 13.0. The van der Waals surface area contributed by atoms with Crippen LogP contribution in [0.1, 0.15) is 11.3 Å². The molecule has 0 fully saturated rings. The molecule has 0 aliphatic carbocycles. The molecule has 0 bridgehead atoms. The van der Waals surface area contributed by atoms with Crippen LogP contribution in [0.5, 0.6) is 11.6 Å². The van der Waals surface area contributed by atoms with Gasteiger partial charge in [-0.05, 0) is 36.8 Å². The third-order valence-electron chi connectivity index (χ3n) is 2.51. The van der Waals surface area contributed by atoms with Crippen molar-refractivity contribution in [2.45, 2.75) is 13.5 Å². The van der Waals surface area contributed by atoms with Gasteiger partial charge in [-0.2, -0.15) is 0 Å². The second-order valence-corrected chi connectivity index (χ2v) is 3.87. The Bertz CT molecular complexity index is 543. The summed E-state index contributed by atoms with van der Waals surface area (Å²) >= 11 is 0. The van der Waals surface area contributed by atoms with Gasteiger partial charge >= 0.3 is 0 Å². The minimum atomic E-state index is -0.234. The first-order chi connectivity index (χ1) is 8.69. The van der Waals surface area contributed by atoms with Crippen LogP contribution in [0.2, 0.25) is 0 Å². The fourth-order valence-electron chi connectivity index (χ4n) is 1.52. The number of aromatic nitrogens is 1. The van der Waals surface area contributed by atoms with Gasteiger partial charge in [-0.25, -0.2) is 9.37 Å². The van der Waals surface area contributed by atoms with Crippen molar-refractivity contribution in [1.82, 2.24) is 4.98 Å². The van der Waals surface area contributed by atoms with Crippen molar-refractivity contribution in [3.05, 3.63) is 53.5 Å². The second kappa shape index (κ2) is 5.49. The van der Waals surface area contributed by atoms with Crippen LogP contribution < -0.4 is 9.47 Å². The Morgan fingerprint density at radius 3 is 2.78 bits per heavy atom. The van der Waals surface area contributed by atoms with Gasteiger partial charge in [0.05, 0.1) is 12.8 Å². The third-order valence-corrected chi connectivity index (χ3v) is 2.51. The van der Waals surface area contributed by atoms with E-state index in [-0.39, 0.29) is 5.82 Å². The topological polar surface area (TPSA) is 31.4 Å². The summed E-state index contributed by atoms with van der Waals surface area (Å²) in [6.07, 6.45) is 0. The number of benzene rings is 1. The average molecular weight is 247 g/mol. The highest BCUT2D eigenvalue weighted by Crippen LogP contribution is 2.17. The van der Waals surface area contributed by atoms with Crippen molar-refractivity contribution in [3.63, 3.8) is 0 Å². The van der Waals surface area contributed by atoms with Gasteiger partial charge in [0, 0.05) is 6.07 Å². The second-order valence-electron chi connectivity index (χ2n) is 3.87. The monoisotopic (exact) mass is 247 g/mol.